The molecule has 0 bridgehead atoms. The largest absolute Gasteiger partial charge is 0.357 e. The van der Waals surface area contributed by atoms with Crippen molar-refractivity contribution in [3.63, 3.8) is 0 Å². The molecule has 33 heavy (non-hydrogen) atoms. The van der Waals surface area contributed by atoms with Crippen molar-refractivity contribution in [1.29, 1.82) is 0 Å². The van der Waals surface area contributed by atoms with Gasteiger partial charge in [0.05, 0.1) is 11.9 Å². The molecular weight excluding hydrogens is 462 g/mol. The Balaban J connectivity index is 2.21. The SMILES string of the molecule is CCC(C(=O)NC)N(Cc1ccccc1Cl)C(=O)CCCN(c1ccccc1C)S(C)(=O)=O. The van der Waals surface area contributed by atoms with Crippen LogP contribution >= 0.6 is 11.6 Å². The van der Waals surface area contributed by atoms with Crippen molar-refractivity contribution in [3.8, 4) is 0 Å². The molecule has 0 aliphatic carbocycles. The van der Waals surface area contributed by atoms with E-state index >= 15 is 0 Å². The van der Waals surface area contributed by atoms with Crippen LogP contribution in [0.5, 0.6) is 0 Å². The summed E-state index contributed by atoms with van der Waals surface area (Å²) < 4.78 is 26.2. The zero-order valence-electron chi connectivity index (χ0n) is 19.5. The van der Waals surface area contributed by atoms with Gasteiger partial charge in [0.25, 0.3) is 0 Å². The van der Waals surface area contributed by atoms with Crippen molar-refractivity contribution >= 4 is 39.1 Å². The van der Waals surface area contributed by atoms with Gasteiger partial charge in [-0.2, -0.15) is 0 Å². The molecule has 0 fully saturated rings. The van der Waals surface area contributed by atoms with Crippen molar-refractivity contribution < 1.29 is 18.0 Å². The van der Waals surface area contributed by atoms with Crippen LogP contribution in [-0.2, 0) is 26.2 Å². The fourth-order valence-corrected chi connectivity index (χ4v) is 4.94. The molecule has 0 aliphatic heterocycles. The van der Waals surface area contributed by atoms with Crippen LogP contribution in [0.25, 0.3) is 0 Å². The molecule has 0 radical (unpaired) electrons. The van der Waals surface area contributed by atoms with Gasteiger partial charge in [-0.05, 0) is 43.0 Å². The van der Waals surface area contributed by atoms with Gasteiger partial charge in [0, 0.05) is 31.6 Å². The summed E-state index contributed by atoms with van der Waals surface area (Å²) in [5, 5.41) is 3.14. The zero-order chi connectivity index (χ0) is 24.6. The number of hydrogen-bond donors (Lipinski definition) is 1. The highest BCUT2D eigenvalue weighted by atomic mass is 35.5. The lowest BCUT2D eigenvalue weighted by atomic mass is 10.1. The second kappa shape index (κ2) is 12.0. The summed E-state index contributed by atoms with van der Waals surface area (Å²) in [6, 6.07) is 13.8. The molecule has 2 rings (SSSR count). The molecule has 0 spiro atoms. The predicted molar refractivity (Wildman–Crippen MR) is 133 cm³/mol. The molecule has 1 atom stereocenters. The molecule has 2 aromatic carbocycles. The first-order valence-corrected chi connectivity index (χ1v) is 13.1. The number of anilines is 1. The van der Waals surface area contributed by atoms with E-state index < -0.39 is 16.1 Å². The van der Waals surface area contributed by atoms with E-state index in [4.69, 9.17) is 11.6 Å². The molecule has 2 aromatic rings. The van der Waals surface area contributed by atoms with Crippen LogP contribution in [0.1, 0.15) is 37.3 Å². The average Bonchev–Trinajstić information content (AvgIpc) is 2.77. The Bertz CT molecular complexity index is 1070. The number of hydrogen-bond acceptors (Lipinski definition) is 4. The normalized spacial score (nSPS) is 12.2. The van der Waals surface area contributed by atoms with Crippen molar-refractivity contribution in [2.24, 2.45) is 0 Å². The van der Waals surface area contributed by atoms with Gasteiger partial charge in [-0.15, -0.1) is 0 Å². The summed E-state index contributed by atoms with van der Waals surface area (Å²) in [5.41, 5.74) is 2.17. The Morgan fingerprint density at radius 2 is 1.73 bits per heavy atom. The molecule has 180 valence electrons. The molecule has 7 nitrogen and oxygen atoms in total. The van der Waals surface area contributed by atoms with E-state index in [0.717, 1.165) is 17.4 Å². The van der Waals surface area contributed by atoms with Crippen LogP contribution < -0.4 is 9.62 Å². The first kappa shape index (κ1) is 26.7. The van der Waals surface area contributed by atoms with Crippen LogP contribution in [0.2, 0.25) is 5.02 Å². The number of likely N-dealkylation sites (N-methyl/N-ethyl adjacent to an activating group) is 1. The van der Waals surface area contributed by atoms with Gasteiger partial charge in [0.15, 0.2) is 0 Å². The number of aryl methyl sites for hydroxylation is 1. The topological polar surface area (TPSA) is 86.8 Å². The standard InChI is InChI=1S/C24H32ClN3O4S/c1-5-21(24(30)26-3)27(17-19-12-7-8-13-20(19)25)23(29)15-10-16-28(33(4,31)32)22-14-9-6-11-18(22)2/h6-9,11-14,21H,5,10,15-17H2,1-4H3,(H,26,30). The van der Waals surface area contributed by atoms with Gasteiger partial charge in [0.1, 0.15) is 6.04 Å². The van der Waals surface area contributed by atoms with E-state index in [-0.39, 0.29) is 31.3 Å². The number of rotatable bonds is 11. The lowest BCUT2D eigenvalue weighted by Crippen LogP contribution is -2.48. The molecular formula is C24H32ClN3O4S. The Morgan fingerprint density at radius 3 is 2.30 bits per heavy atom. The first-order valence-electron chi connectivity index (χ1n) is 10.9. The maximum atomic E-state index is 13.2. The van der Waals surface area contributed by atoms with E-state index in [1.807, 2.05) is 38.1 Å². The van der Waals surface area contributed by atoms with Gasteiger partial charge >= 0.3 is 0 Å². The quantitative estimate of drug-likeness (QED) is 0.516. The lowest BCUT2D eigenvalue weighted by molar-refractivity contribution is -0.141. The Kier molecular flexibility index (Phi) is 9.73. The zero-order valence-corrected chi connectivity index (χ0v) is 21.1. The molecule has 2 amide bonds. The fourth-order valence-electron chi connectivity index (χ4n) is 3.72. The van der Waals surface area contributed by atoms with Crippen LogP contribution in [0.4, 0.5) is 5.69 Å². The second-order valence-corrected chi connectivity index (χ2v) is 10.2. The minimum absolute atomic E-state index is 0.0931. The highest BCUT2D eigenvalue weighted by Crippen LogP contribution is 2.24. The first-order chi connectivity index (χ1) is 15.6. The maximum Gasteiger partial charge on any atom is 0.242 e. The number of nitrogens with one attached hydrogen (secondary N) is 1. The molecule has 0 aromatic heterocycles. The van der Waals surface area contributed by atoms with E-state index in [9.17, 15) is 18.0 Å². The summed E-state index contributed by atoms with van der Waals surface area (Å²) in [5.74, 6) is -0.487. The molecule has 0 saturated carbocycles. The maximum absolute atomic E-state index is 13.2. The summed E-state index contributed by atoms with van der Waals surface area (Å²) in [4.78, 5) is 27.3. The monoisotopic (exact) mass is 493 g/mol. The highest BCUT2D eigenvalue weighted by molar-refractivity contribution is 7.92. The number of halogens is 1. The number of nitrogens with zero attached hydrogens (tertiary/aromatic N) is 2. The van der Waals surface area contributed by atoms with Crippen LogP contribution in [0.15, 0.2) is 48.5 Å². The third kappa shape index (κ3) is 7.20. The Morgan fingerprint density at radius 1 is 1.09 bits per heavy atom. The van der Waals surface area contributed by atoms with Crippen LogP contribution in [0, 0.1) is 6.92 Å². The predicted octanol–water partition coefficient (Wildman–Crippen LogP) is 3.75. The fraction of sp³-hybridized carbons (Fsp3) is 0.417. The van der Waals surface area contributed by atoms with Gasteiger partial charge < -0.3 is 10.2 Å². The van der Waals surface area contributed by atoms with E-state index in [1.54, 1.807) is 24.3 Å². The van der Waals surface area contributed by atoms with Crippen molar-refractivity contribution in [2.75, 3.05) is 24.2 Å². The number of carbonyl (C=O) groups excluding carboxylic acids is 2. The summed E-state index contributed by atoms with van der Waals surface area (Å²) in [7, 11) is -1.99. The Hall–Kier alpha value is -2.58. The van der Waals surface area contributed by atoms with E-state index in [2.05, 4.69) is 5.32 Å². The van der Waals surface area contributed by atoms with Crippen molar-refractivity contribution in [2.45, 2.75) is 45.7 Å². The van der Waals surface area contributed by atoms with E-state index in [0.29, 0.717) is 23.6 Å². The van der Waals surface area contributed by atoms with Gasteiger partial charge in [-0.25, -0.2) is 8.42 Å². The molecule has 9 heteroatoms. The van der Waals surface area contributed by atoms with E-state index in [1.165, 1.54) is 16.3 Å². The third-order valence-electron chi connectivity index (χ3n) is 5.47. The Labute approximate surface area is 201 Å². The smallest absolute Gasteiger partial charge is 0.242 e. The minimum atomic E-state index is -3.52. The minimum Gasteiger partial charge on any atom is -0.357 e. The number of benzene rings is 2. The summed E-state index contributed by atoms with van der Waals surface area (Å²) in [6.07, 6.45) is 2.00. The van der Waals surface area contributed by atoms with Gasteiger partial charge in [-0.1, -0.05) is 54.9 Å². The molecule has 0 saturated heterocycles. The van der Waals surface area contributed by atoms with Gasteiger partial charge in [0.2, 0.25) is 21.8 Å². The molecule has 0 heterocycles. The number of amides is 2. The molecule has 1 unspecified atom stereocenters. The second-order valence-electron chi connectivity index (χ2n) is 7.88. The number of sulfonamides is 1. The molecule has 1 N–H and O–H groups in total. The van der Waals surface area contributed by atoms with Crippen LogP contribution in [0.3, 0.4) is 0 Å². The van der Waals surface area contributed by atoms with Gasteiger partial charge in [-0.3, -0.25) is 13.9 Å². The number of carbonyl (C=O) groups is 2. The summed E-state index contributed by atoms with van der Waals surface area (Å²) >= 11 is 6.30. The summed E-state index contributed by atoms with van der Waals surface area (Å²) in [6.45, 7) is 4.04. The molecule has 0 aliphatic rings. The average molecular weight is 494 g/mol. The highest BCUT2D eigenvalue weighted by Gasteiger charge is 2.28. The number of para-hydroxylation sites is 1. The van der Waals surface area contributed by atoms with Crippen molar-refractivity contribution in [3.05, 3.63) is 64.7 Å². The van der Waals surface area contributed by atoms with Crippen molar-refractivity contribution in [1.82, 2.24) is 10.2 Å². The third-order valence-corrected chi connectivity index (χ3v) is 7.02. The lowest BCUT2D eigenvalue weighted by Gasteiger charge is -2.31. The van der Waals surface area contributed by atoms with Crippen LogP contribution in [-0.4, -0.2) is 51.0 Å².